The molecule has 3 fully saturated rings. The van der Waals surface area contributed by atoms with E-state index in [1.807, 2.05) is 0 Å². The average molecular weight is 251 g/mol. The van der Waals surface area contributed by atoms with Crippen molar-refractivity contribution in [1.29, 1.82) is 0 Å². The molecule has 0 aromatic heterocycles. The molecule has 3 saturated carbocycles. The largest absolute Gasteiger partial charge is 0.409 e. The van der Waals surface area contributed by atoms with Crippen molar-refractivity contribution >= 4 is 11.7 Å². The number of amidine groups is 1. The number of carbonyl (C=O) groups excluding carboxylic acids is 1. The number of oxime groups is 1. The second kappa shape index (κ2) is 3.62. The van der Waals surface area contributed by atoms with Crippen LogP contribution >= 0.6 is 0 Å². The number of nitrogens with two attached hydrogens (primary N) is 1. The van der Waals surface area contributed by atoms with Crippen LogP contribution in [-0.2, 0) is 4.79 Å². The predicted octanol–water partition coefficient (Wildman–Crippen LogP) is 0.920. The van der Waals surface area contributed by atoms with Crippen molar-refractivity contribution in [2.75, 3.05) is 0 Å². The Labute approximate surface area is 107 Å². The topological polar surface area (TPSA) is 87.7 Å². The average Bonchev–Trinajstić information content (AvgIpc) is 2.78. The van der Waals surface area contributed by atoms with Gasteiger partial charge in [0.05, 0.1) is 5.54 Å². The van der Waals surface area contributed by atoms with Crippen LogP contribution < -0.4 is 11.1 Å². The molecule has 0 saturated heterocycles. The molecule has 3 aliphatic carbocycles. The van der Waals surface area contributed by atoms with Crippen molar-refractivity contribution < 1.29 is 10.0 Å². The van der Waals surface area contributed by atoms with Crippen LogP contribution in [0.4, 0.5) is 0 Å². The molecule has 0 aromatic rings. The van der Waals surface area contributed by atoms with Gasteiger partial charge in [-0.2, -0.15) is 0 Å². The summed E-state index contributed by atoms with van der Waals surface area (Å²) in [6.07, 6.45) is 3.95. The number of carbonyl (C=O) groups is 1. The maximum atomic E-state index is 12.3. The van der Waals surface area contributed by atoms with Gasteiger partial charge in [-0.15, -0.1) is 0 Å². The summed E-state index contributed by atoms with van der Waals surface area (Å²) >= 11 is 0. The van der Waals surface area contributed by atoms with Crippen LogP contribution in [0.5, 0.6) is 0 Å². The summed E-state index contributed by atoms with van der Waals surface area (Å²) in [7, 11) is 0. The summed E-state index contributed by atoms with van der Waals surface area (Å²) in [5.41, 5.74) is 4.81. The highest BCUT2D eigenvalue weighted by Gasteiger charge is 2.67. The number of rotatable bonds is 3. The van der Waals surface area contributed by atoms with Crippen molar-refractivity contribution in [3.05, 3.63) is 0 Å². The standard InChI is InChI=1S/C13H21N3O2/c1-13(2,12(14)16-18)15-11(17)10-8-6-3-4-7(5-6)9(8)10/h6-10,18H,3-5H2,1-2H3,(H2,14,16)(H,15,17). The van der Waals surface area contributed by atoms with Crippen LogP contribution in [-0.4, -0.2) is 22.5 Å². The lowest BCUT2D eigenvalue weighted by atomic mass is 9.99. The minimum absolute atomic E-state index is 0.0460. The lowest BCUT2D eigenvalue weighted by Crippen LogP contribution is -2.54. The molecule has 2 bridgehead atoms. The van der Waals surface area contributed by atoms with Crippen LogP contribution in [0.25, 0.3) is 0 Å². The van der Waals surface area contributed by atoms with Gasteiger partial charge in [0.25, 0.3) is 0 Å². The maximum absolute atomic E-state index is 12.3. The molecular formula is C13H21N3O2. The normalized spacial score (nSPS) is 41.7. The number of amides is 1. The van der Waals surface area contributed by atoms with Crippen LogP contribution in [0.1, 0.15) is 33.1 Å². The Hall–Kier alpha value is -1.26. The molecule has 0 radical (unpaired) electrons. The number of nitrogens with one attached hydrogen (secondary N) is 1. The van der Waals surface area contributed by atoms with Crippen LogP contribution in [0.3, 0.4) is 0 Å². The molecule has 5 nitrogen and oxygen atoms in total. The van der Waals surface area contributed by atoms with Gasteiger partial charge >= 0.3 is 0 Å². The Balaban J connectivity index is 1.65. The zero-order valence-electron chi connectivity index (χ0n) is 10.9. The van der Waals surface area contributed by atoms with E-state index < -0.39 is 5.54 Å². The first-order valence-corrected chi connectivity index (χ1v) is 6.75. The highest BCUT2D eigenvalue weighted by molar-refractivity contribution is 5.94. The second-order valence-electron chi connectivity index (χ2n) is 6.61. The molecule has 0 heterocycles. The van der Waals surface area contributed by atoms with Crippen molar-refractivity contribution in [2.45, 2.75) is 38.6 Å². The van der Waals surface area contributed by atoms with Gasteiger partial charge in [0.1, 0.15) is 0 Å². The molecule has 18 heavy (non-hydrogen) atoms. The van der Waals surface area contributed by atoms with Gasteiger partial charge in [0.2, 0.25) is 5.91 Å². The number of hydrogen-bond acceptors (Lipinski definition) is 3. The first kappa shape index (κ1) is 11.8. The maximum Gasteiger partial charge on any atom is 0.224 e. The number of nitrogens with zero attached hydrogens (tertiary/aromatic N) is 1. The van der Waals surface area contributed by atoms with Crippen LogP contribution in [0, 0.1) is 29.6 Å². The highest BCUT2D eigenvalue weighted by Crippen LogP contribution is 2.69. The van der Waals surface area contributed by atoms with E-state index >= 15 is 0 Å². The van der Waals surface area contributed by atoms with Crippen molar-refractivity contribution in [3.63, 3.8) is 0 Å². The van der Waals surface area contributed by atoms with E-state index in [0.717, 1.165) is 11.8 Å². The summed E-state index contributed by atoms with van der Waals surface area (Å²) in [6.45, 7) is 3.51. The lowest BCUT2D eigenvalue weighted by molar-refractivity contribution is -0.124. The second-order valence-corrected chi connectivity index (χ2v) is 6.61. The number of hydrogen-bond donors (Lipinski definition) is 3. The first-order valence-electron chi connectivity index (χ1n) is 6.75. The van der Waals surface area contributed by atoms with Crippen molar-refractivity contribution in [2.24, 2.45) is 40.5 Å². The summed E-state index contributed by atoms with van der Waals surface area (Å²) in [4.78, 5) is 12.3. The Kier molecular flexibility index (Phi) is 2.37. The Bertz CT molecular complexity index is 402. The summed E-state index contributed by atoms with van der Waals surface area (Å²) in [5, 5.41) is 14.6. The van der Waals surface area contributed by atoms with Gasteiger partial charge in [0, 0.05) is 5.92 Å². The lowest BCUT2D eigenvalue weighted by Gasteiger charge is -2.25. The van der Waals surface area contributed by atoms with Crippen molar-refractivity contribution in [3.8, 4) is 0 Å². The molecular weight excluding hydrogens is 230 g/mol. The van der Waals surface area contributed by atoms with Gasteiger partial charge < -0.3 is 16.3 Å². The molecule has 4 atom stereocenters. The fourth-order valence-corrected chi connectivity index (χ4v) is 4.26. The molecule has 3 aliphatic rings. The van der Waals surface area contributed by atoms with E-state index in [0.29, 0.717) is 11.8 Å². The fourth-order valence-electron chi connectivity index (χ4n) is 4.26. The van der Waals surface area contributed by atoms with E-state index in [-0.39, 0.29) is 17.7 Å². The van der Waals surface area contributed by atoms with E-state index in [4.69, 9.17) is 10.9 Å². The SMILES string of the molecule is CC(C)(NC(=O)C1C2C3CCC(C3)C12)C(N)=NO. The van der Waals surface area contributed by atoms with Crippen LogP contribution in [0.2, 0.25) is 0 Å². The van der Waals surface area contributed by atoms with E-state index in [1.54, 1.807) is 13.8 Å². The zero-order chi connectivity index (χ0) is 13.1. The van der Waals surface area contributed by atoms with Crippen LogP contribution in [0.15, 0.2) is 5.16 Å². The molecule has 4 N–H and O–H groups in total. The minimum Gasteiger partial charge on any atom is -0.409 e. The molecule has 0 aromatic carbocycles. The molecule has 1 amide bonds. The number of fused-ring (bicyclic) bond motifs is 5. The van der Waals surface area contributed by atoms with Gasteiger partial charge in [-0.05, 0) is 56.8 Å². The minimum atomic E-state index is -0.776. The molecule has 5 heteroatoms. The third-order valence-corrected chi connectivity index (χ3v) is 5.22. The molecule has 4 unspecified atom stereocenters. The van der Waals surface area contributed by atoms with Gasteiger partial charge in [0.15, 0.2) is 5.84 Å². The Morgan fingerprint density at radius 2 is 1.89 bits per heavy atom. The molecule has 100 valence electrons. The third-order valence-electron chi connectivity index (χ3n) is 5.22. The summed E-state index contributed by atoms with van der Waals surface area (Å²) < 4.78 is 0. The van der Waals surface area contributed by atoms with Gasteiger partial charge in [-0.25, -0.2) is 0 Å². The van der Waals surface area contributed by atoms with E-state index in [9.17, 15) is 4.79 Å². The Morgan fingerprint density at radius 3 is 2.39 bits per heavy atom. The predicted molar refractivity (Wildman–Crippen MR) is 66.9 cm³/mol. The van der Waals surface area contributed by atoms with Gasteiger partial charge in [-0.1, -0.05) is 5.16 Å². The van der Waals surface area contributed by atoms with Crippen molar-refractivity contribution in [1.82, 2.24) is 5.32 Å². The van der Waals surface area contributed by atoms with E-state index in [1.165, 1.54) is 19.3 Å². The van der Waals surface area contributed by atoms with Gasteiger partial charge in [-0.3, -0.25) is 4.79 Å². The molecule has 3 rings (SSSR count). The third kappa shape index (κ3) is 1.52. The fraction of sp³-hybridized carbons (Fsp3) is 0.846. The summed E-state index contributed by atoms with van der Waals surface area (Å²) in [6, 6.07) is 0. The quantitative estimate of drug-likeness (QED) is 0.302. The molecule has 0 spiro atoms. The first-order chi connectivity index (χ1) is 8.45. The highest BCUT2D eigenvalue weighted by atomic mass is 16.4. The monoisotopic (exact) mass is 251 g/mol. The Morgan fingerprint density at radius 1 is 1.33 bits per heavy atom. The summed E-state index contributed by atoms with van der Waals surface area (Å²) in [5.74, 6) is 3.11. The molecule has 0 aliphatic heterocycles. The zero-order valence-corrected chi connectivity index (χ0v) is 10.9. The smallest absolute Gasteiger partial charge is 0.224 e. The van der Waals surface area contributed by atoms with E-state index in [2.05, 4.69) is 10.5 Å².